The monoisotopic (exact) mass is 297 g/mol. The van der Waals surface area contributed by atoms with E-state index in [4.69, 9.17) is 11.6 Å². The zero-order valence-electron chi connectivity index (χ0n) is 11.8. The van der Waals surface area contributed by atoms with E-state index in [1.54, 1.807) is 11.8 Å². The molecule has 0 aromatic heterocycles. The van der Waals surface area contributed by atoms with Gasteiger partial charge in [0.15, 0.2) is 0 Å². The van der Waals surface area contributed by atoms with Gasteiger partial charge in [-0.05, 0) is 57.0 Å². The molecule has 0 heterocycles. The highest BCUT2D eigenvalue weighted by Crippen LogP contribution is 2.30. The largest absolute Gasteiger partial charge is 0.347 e. The first-order valence-corrected chi connectivity index (χ1v) is 7.45. The van der Waals surface area contributed by atoms with E-state index in [0.717, 1.165) is 21.9 Å². The van der Waals surface area contributed by atoms with Gasteiger partial charge in [-0.25, -0.2) is 0 Å². The summed E-state index contributed by atoms with van der Waals surface area (Å²) in [5, 5.41) is 3.71. The highest BCUT2D eigenvalue weighted by atomic mass is 35.5. The molecular weight excluding hydrogens is 278 g/mol. The van der Waals surface area contributed by atoms with Crippen molar-refractivity contribution in [2.24, 2.45) is 0 Å². The highest BCUT2D eigenvalue weighted by Gasteiger charge is 2.20. The van der Waals surface area contributed by atoms with Crippen LogP contribution < -0.4 is 5.32 Å². The first-order chi connectivity index (χ1) is 8.75. The van der Waals surface area contributed by atoms with E-state index >= 15 is 0 Å². The number of hydrogen-bond donors (Lipinski definition) is 1. The number of thioether (sulfide) groups is 1. The molecule has 0 radical (unpaired) electrons. The minimum Gasteiger partial charge on any atom is -0.347 e. The van der Waals surface area contributed by atoms with Crippen molar-refractivity contribution in [3.8, 4) is 0 Å². The number of rotatable bonds is 5. The number of amides is 1. The summed E-state index contributed by atoms with van der Waals surface area (Å²) in [5.41, 5.74) is 1.95. The van der Waals surface area contributed by atoms with E-state index in [2.05, 4.69) is 18.0 Å². The van der Waals surface area contributed by atoms with Crippen molar-refractivity contribution in [2.45, 2.75) is 38.1 Å². The van der Waals surface area contributed by atoms with Gasteiger partial charge in [0.05, 0.1) is 0 Å². The second-order valence-corrected chi connectivity index (χ2v) is 6.66. The van der Waals surface area contributed by atoms with Crippen LogP contribution in [0.25, 0.3) is 0 Å². The van der Waals surface area contributed by atoms with E-state index in [0.29, 0.717) is 0 Å². The molecule has 1 aromatic rings. The highest BCUT2D eigenvalue weighted by molar-refractivity contribution is 7.99. The predicted octanol–water partition coefficient (Wildman–Crippen LogP) is 4.13. The van der Waals surface area contributed by atoms with Gasteiger partial charge >= 0.3 is 0 Å². The smallest absolute Gasteiger partial charge is 0.243 e. The number of carbonyl (C=O) groups excluding carboxylic acids is 1. The molecule has 0 aliphatic carbocycles. The number of carbonyl (C=O) groups is 1. The van der Waals surface area contributed by atoms with Gasteiger partial charge in [-0.15, -0.1) is 11.8 Å². The second-order valence-electron chi connectivity index (χ2n) is 5.23. The Morgan fingerprint density at radius 2 is 2.05 bits per heavy atom. The molecule has 0 spiro atoms. The van der Waals surface area contributed by atoms with Crippen molar-refractivity contribution < 1.29 is 4.79 Å². The Morgan fingerprint density at radius 1 is 1.42 bits per heavy atom. The van der Waals surface area contributed by atoms with Gasteiger partial charge in [0.2, 0.25) is 5.91 Å². The Hall–Kier alpha value is -0.930. The van der Waals surface area contributed by atoms with Crippen LogP contribution in [0.4, 0.5) is 0 Å². The van der Waals surface area contributed by atoms with Crippen LogP contribution >= 0.6 is 23.4 Å². The SMILES string of the molecule is C=CC(=O)NC(C)(C)CSc1cc(C)c(Cl)cc1C. The molecule has 0 fully saturated rings. The van der Waals surface area contributed by atoms with Crippen LogP contribution in [0.15, 0.2) is 29.7 Å². The molecule has 1 rings (SSSR count). The number of aryl methyl sites for hydroxylation is 2. The molecule has 0 saturated heterocycles. The van der Waals surface area contributed by atoms with Crippen molar-refractivity contribution in [3.63, 3.8) is 0 Å². The fourth-order valence-electron chi connectivity index (χ4n) is 1.59. The molecule has 0 bridgehead atoms. The van der Waals surface area contributed by atoms with Gasteiger partial charge in [-0.3, -0.25) is 4.79 Å². The Balaban J connectivity index is 2.73. The summed E-state index contributed by atoms with van der Waals surface area (Å²) < 4.78 is 0. The third-order valence-electron chi connectivity index (χ3n) is 2.69. The van der Waals surface area contributed by atoms with Gasteiger partial charge in [-0.1, -0.05) is 18.2 Å². The lowest BCUT2D eigenvalue weighted by Gasteiger charge is -2.25. The average Bonchev–Trinajstić information content (AvgIpc) is 2.31. The van der Waals surface area contributed by atoms with E-state index in [-0.39, 0.29) is 11.4 Å². The molecular formula is C15H20ClNOS. The predicted molar refractivity (Wildman–Crippen MR) is 84.1 cm³/mol. The lowest BCUT2D eigenvalue weighted by Crippen LogP contribution is -2.44. The normalized spacial score (nSPS) is 11.2. The van der Waals surface area contributed by atoms with Crippen LogP contribution in [0.5, 0.6) is 0 Å². The number of halogens is 1. The number of hydrogen-bond acceptors (Lipinski definition) is 2. The Kier molecular flexibility index (Phi) is 5.50. The summed E-state index contributed by atoms with van der Waals surface area (Å²) in [6, 6.07) is 4.07. The third kappa shape index (κ3) is 4.92. The number of nitrogens with one attached hydrogen (secondary N) is 1. The van der Waals surface area contributed by atoms with Crippen LogP contribution in [0.2, 0.25) is 5.02 Å². The fraction of sp³-hybridized carbons (Fsp3) is 0.400. The lowest BCUT2D eigenvalue weighted by atomic mass is 10.1. The summed E-state index contributed by atoms with van der Waals surface area (Å²) >= 11 is 7.81. The van der Waals surface area contributed by atoms with Crippen molar-refractivity contribution in [2.75, 3.05) is 5.75 Å². The maximum absolute atomic E-state index is 11.3. The zero-order valence-corrected chi connectivity index (χ0v) is 13.4. The Labute approximate surface area is 124 Å². The van der Waals surface area contributed by atoms with Crippen LogP contribution in [0.3, 0.4) is 0 Å². The van der Waals surface area contributed by atoms with Crippen molar-refractivity contribution in [1.29, 1.82) is 0 Å². The topological polar surface area (TPSA) is 29.1 Å². The van der Waals surface area contributed by atoms with E-state index in [1.165, 1.54) is 11.0 Å². The van der Waals surface area contributed by atoms with Gasteiger partial charge in [0, 0.05) is 21.2 Å². The molecule has 1 aromatic carbocycles. The summed E-state index contributed by atoms with van der Waals surface area (Å²) in [5.74, 6) is 0.642. The van der Waals surface area contributed by atoms with E-state index in [9.17, 15) is 4.79 Å². The zero-order chi connectivity index (χ0) is 14.6. The first kappa shape index (κ1) is 16.1. The quantitative estimate of drug-likeness (QED) is 0.654. The molecule has 104 valence electrons. The maximum atomic E-state index is 11.3. The Morgan fingerprint density at radius 3 is 2.63 bits per heavy atom. The molecule has 19 heavy (non-hydrogen) atoms. The molecule has 0 atom stereocenters. The molecule has 0 unspecified atom stereocenters. The summed E-state index contributed by atoms with van der Waals surface area (Å²) in [6.07, 6.45) is 1.30. The standard InChI is InChI=1S/C15H20ClNOS/c1-6-14(18)17-15(4,5)9-19-13-8-10(2)12(16)7-11(13)3/h6-8H,1,9H2,2-5H3,(H,17,18). The molecule has 1 N–H and O–H groups in total. The van der Waals surface area contributed by atoms with Crippen molar-refractivity contribution >= 4 is 29.3 Å². The van der Waals surface area contributed by atoms with Crippen LogP contribution in [-0.4, -0.2) is 17.2 Å². The van der Waals surface area contributed by atoms with Gasteiger partial charge < -0.3 is 5.32 Å². The molecule has 1 amide bonds. The summed E-state index contributed by atoms with van der Waals surface area (Å²) in [7, 11) is 0. The molecule has 0 saturated carbocycles. The van der Waals surface area contributed by atoms with Crippen molar-refractivity contribution in [1.82, 2.24) is 5.32 Å². The molecule has 4 heteroatoms. The minimum atomic E-state index is -0.282. The summed E-state index contributed by atoms with van der Waals surface area (Å²) in [4.78, 5) is 12.5. The van der Waals surface area contributed by atoms with Gasteiger partial charge in [0.25, 0.3) is 0 Å². The van der Waals surface area contributed by atoms with Crippen LogP contribution in [-0.2, 0) is 4.79 Å². The lowest BCUT2D eigenvalue weighted by molar-refractivity contribution is -0.117. The van der Waals surface area contributed by atoms with Crippen molar-refractivity contribution in [3.05, 3.63) is 40.9 Å². The van der Waals surface area contributed by atoms with Crippen LogP contribution in [0, 0.1) is 13.8 Å². The number of benzene rings is 1. The van der Waals surface area contributed by atoms with Crippen LogP contribution in [0.1, 0.15) is 25.0 Å². The molecule has 0 aliphatic heterocycles. The second kappa shape index (κ2) is 6.49. The average molecular weight is 298 g/mol. The summed E-state index contributed by atoms with van der Waals surface area (Å²) in [6.45, 7) is 11.5. The minimum absolute atomic E-state index is 0.144. The molecule has 0 aliphatic rings. The van der Waals surface area contributed by atoms with Gasteiger partial charge in [0.1, 0.15) is 0 Å². The molecule has 2 nitrogen and oxygen atoms in total. The Bertz CT molecular complexity index is 497. The van der Waals surface area contributed by atoms with Gasteiger partial charge in [-0.2, -0.15) is 0 Å². The van der Waals surface area contributed by atoms with E-state index < -0.39 is 0 Å². The fourth-order valence-corrected chi connectivity index (χ4v) is 2.94. The first-order valence-electron chi connectivity index (χ1n) is 6.09. The maximum Gasteiger partial charge on any atom is 0.243 e. The van der Waals surface area contributed by atoms with E-state index in [1.807, 2.05) is 33.8 Å². The third-order valence-corrected chi connectivity index (χ3v) is 4.72.